The highest BCUT2D eigenvalue weighted by Crippen LogP contribution is 2.23. The summed E-state index contributed by atoms with van der Waals surface area (Å²) < 4.78 is 20.1. The van der Waals surface area contributed by atoms with Gasteiger partial charge in [0.2, 0.25) is 5.16 Å². The molecule has 0 aliphatic heterocycles. The molecule has 1 aromatic heterocycles. The highest BCUT2D eigenvalue weighted by atomic mass is 32.2. The summed E-state index contributed by atoms with van der Waals surface area (Å²) in [6.07, 6.45) is 0. The third-order valence-corrected chi connectivity index (χ3v) is 3.13. The van der Waals surface area contributed by atoms with E-state index in [-0.39, 0.29) is 16.7 Å². The minimum absolute atomic E-state index is 0.143. The van der Waals surface area contributed by atoms with Crippen molar-refractivity contribution >= 4 is 17.7 Å². The van der Waals surface area contributed by atoms with E-state index in [1.807, 2.05) is 0 Å². The van der Waals surface area contributed by atoms with Gasteiger partial charge in [-0.1, -0.05) is 11.8 Å². The first-order valence-electron chi connectivity index (χ1n) is 5.67. The van der Waals surface area contributed by atoms with Crippen LogP contribution in [0, 0.1) is 5.82 Å². The number of carboxylic acids is 1. The Labute approximate surface area is 117 Å². The topological polar surface area (TPSA) is 90.1 Å². The Morgan fingerprint density at radius 2 is 2.35 bits per heavy atom. The molecule has 0 amide bonds. The summed E-state index contributed by atoms with van der Waals surface area (Å²) in [4.78, 5) is 10.5. The van der Waals surface area contributed by atoms with Crippen molar-refractivity contribution in [3.05, 3.63) is 24.0 Å². The molecule has 0 atom stereocenters. The van der Waals surface area contributed by atoms with Crippen LogP contribution in [-0.2, 0) is 4.79 Å². The maximum Gasteiger partial charge on any atom is 0.313 e. The van der Waals surface area contributed by atoms with Crippen molar-refractivity contribution in [2.75, 3.05) is 12.4 Å². The molecule has 0 fully saturated rings. The van der Waals surface area contributed by atoms with Crippen molar-refractivity contribution in [2.24, 2.45) is 0 Å². The Balaban J connectivity index is 2.25. The van der Waals surface area contributed by atoms with E-state index in [1.54, 1.807) is 13.0 Å². The number of tetrazole rings is 1. The van der Waals surface area contributed by atoms with Crippen LogP contribution in [0.3, 0.4) is 0 Å². The van der Waals surface area contributed by atoms with Gasteiger partial charge in [0, 0.05) is 6.07 Å². The zero-order valence-corrected chi connectivity index (χ0v) is 11.3. The summed E-state index contributed by atoms with van der Waals surface area (Å²) in [6.45, 7) is 2.12. The smallest absolute Gasteiger partial charge is 0.313 e. The van der Waals surface area contributed by atoms with Gasteiger partial charge >= 0.3 is 5.97 Å². The highest BCUT2D eigenvalue weighted by molar-refractivity contribution is 7.99. The maximum atomic E-state index is 13.8. The molecule has 7 nitrogen and oxygen atoms in total. The summed E-state index contributed by atoms with van der Waals surface area (Å²) in [6, 6.07) is 4.29. The Morgan fingerprint density at radius 1 is 1.55 bits per heavy atom. The fourth-order valence-electron chi connectivity index (χ4n) is 1.45. The van der Waals surface area contributed by atoms with E-state index < -0.39 is 11.8 Å². The Morgan fingerprint density at radius 3 is 3.00 bits per heavy atom. The summed E-state index contributed by atoms with van der Waals surface area (Å²) in [5.41, 5.74) is 0.392. The number of thioether (sulfide) groups is 1. The third kappa shape index (κ3) is 3.23. The molecule has 0 unspecified atom stereocenters. The predicted octanol–water partition coefficient (Wildman–Crippen LogP) is 1.38. The molecule has 20 heavy (non-hydrogen) atoms. The molecule has 0 saturated carbocycles. The van der Waals surface area contributed by atoms with Crippen LogP contribution < -0.4 is 4.74 Å². The van der Waals surface area contributed by atoms with Gasteiger partial charge in [0.25, 0.3) is 0 Å². The first-order valence-corrected chi connectivity index (χ1v) is 6.66. The number of carboxylic acid groups (broad SMARTS) is 1. The Kier molecular flexibility index (Phi) is 4.51. The number of halogens is 1. The minimum atomic E-state index is -0.984. The quantitative estimate of drug-likeness (QED) is 0.805. The van der Waals surface area contributed by atoms with Crippen molar-refractivity contribution in [3.8, 4) is 11.4 Å². The van der Waals surface area contributed by atoms with Gasteiger partial charge in [-0.25, -0.2) is 4.39 Å². The lowest BCUT2D eigenvalue weighted by atomic mass is 10.3. The molecule has 0 spiro atoms. The molecule has 9 heteroatoms. The average Bonchev–Trinajstić information content (AvgIpc) is 2.87. The van der Waals surface area contributed by atoms with Gasteiger partial charge in [-0.2, -0.15) is 4.68 Å². The zero-order valence-electron chi connectivity index (χ0n) is 10.5. The van der Waals surface area contributed by atoms with Crippen molar-refractivity contribution < 1.29 is 19.0 Å². The number of hydrogen-bond acceptors (Lipinski definition) is 6. The Bertz CT molecular complexity index is 619. The molecular weight excluding hydrogens is 287 g/mol. The monoisotopic (exact) mass is 298 g/mol. The van der Waals surface area contributed by atoms with Gasteiger partial charge in [0.05, 0.1) is 18.0 Å². The van der Waals surface area contributed by atoms with E-state index >= 15 is 0 Å². The lowest BCUT2D eigenvalue weighted by molar-refractivity contribution is -0.133. The number of hydrogen-bond donors (Lipinski definition) is 1. The third-order valence-electron chi connectivity index (χ3n) is 2.23. The minimum Gasteiger partial charge on any atom is -0.491 e. The van der Waals surface area contributed by atoms with Crippen LogP contribution in [0.15, 0.2) is 23.4 Å². The van der Waals surface area contributed by atoms with Gasteiger partial charge < -0.3 is 9.84 Å². The van der Waals surface area contributed by atoms with E-state index in [2.05, 4.69) is 15.5 Å². The van der Waals surface area contributed by atoms with Crippen LogP contribution in [0.5, 0.6) is 5.75 Å². The SMILES string of the molecule is CCOc1ccc(-n2nnnc2SCC(=O)O)cc1F. The van der Waals surface area contributed by atoms with Gasteiger partial charge in [-0.15, -0.1) is 5.10 Å². The second-order valence-electron chi connectivity index (χ2n) is 3.60. The standard InChI is InChI=1S/C11H11FN4O3S/c1-2-19-9-4-3-7(5-8(9)12)16-11(13-14-15-16)20-6-10(17)18/h3-5H,2,6H2,1H3,(H,17,18). The molecule has 1 N–H and O–H groups in total. The van der Waals surface area contributed by atoms with E-state index in [9.17, 15) is 9.18 Å². The van der Waals surface area contributed by atoms with Crippen molar-refractivity contribution in [3.63, 3.8) is 0 Å². The molecule has 2 rings (SSSR count). The molecule has 0 radical (unpaired) electrons. The molecule has 0 aliphatic rings. The summed E-state index contributed by atoms with van der Waals surface area (Å²) >= 11 is 0.951. The molecule has 1 aromatic carbocycles. The van der Waals surface area contributed by atoms with Crippen molar-refractivity contribution in [1.82, 2.24) is 20.2 Å². The predicted molar refractivity (Wildman–Crippen MR) is 68.6 cm³/mol. The number of aliphatic carboxylic acids is 1. The first kappa shape index (κ1) is 14.3. The lowest BCUT2D eigenvalue weighted by Crippen LogP contribution is -2.04. The zero-order chi connectivity index (χ0) is 14.5. The second-order valence-corrected chi connectivity index (χ2v) is 4.55. The lowest BCUT2D eigenvalue weighted by Gasteiger charge is -2.07. The average molecular weight is 298 g/mol. The molecule has 2 aromatic rings. The number of rotatable bonds is 6. The van der Waals surface area contributed by atoms with Crippen LogP contribution in [0.1, 0.15) is 6.92 Å². The fraction of sp³-hybridized carbons (Fsp3) is 0.273. The van der Waals surface area contributed by atoms with Gasteiger partial charge in [0.15, 0.2) is 11.6 Å². The van der Waals surface area contributed by atoms with E-state index in [1.165, 1.54) is 16.8 Å². The van der Waals surface area contributed by atoms with Crippen LogP contribution in [0.4, 0.5) is 4.39 Å². The van der Waals surface area contributed by atoms with E-state index in [4.69, 9.17) is 9.84 Å². The van der Waals surface area contributed by atoms with E-state index in [0.717, 1.165) is 11.8 Å². The number of ether oxygens (including phenoxy) is 1. The van der Waals surface area contributed by atoms with Gasteiger partial charge in [-0.3, -0.25) is 4.79 Å². The normalized spacial score (nSPS) is 10.5. The van der Waals surface area contributed by atoms with Crippen LogP contribution in [-0.4, -0.2) is 43.6 Å². The largest absolute Gasteiger partial charge is 0.491 e. The van der Waals surface area contributed by atoms with Crippen LogP contribution >= 0.6 is 11.8 Å². The highest BCUT2D eigenvalue weighted by Gasteiger charge is 2.13. The van der Waals surface area contributed by atoms with Gasteiger partial charge in [-0.05, 0) is 29.5 Å². The number of aromatic nitrogens is 4. The molecule has 0 saturated heterocycles. The maximum absolute atomic E-state index is 13.8. The number of benzene rings is 1. The number of nitrogens with zero attached hydrogens (tertiary/aromatic N) is 4. The van der Waals surface area contributed by atoms with Crippen LogP contribution in [0.25, 0.3) is 5.69 Å². The molecule has 106 valence electrons. The molecular formula is C11H11FN4O3S. The second kappa shape index (κ2) is 6.33. The molecule has 0 aliphatic carbocycles. The summed E-state index contributed by atoms with van der Waals surface area (Å²) in [5, 5.41) is 19.8. The number of carbonyl (C=O) groups is 1. The molecule has 1 heterocycles. The molecule has 0 bridgehead atoms. The van der Waals surface area contributed by atoms with Crippen molar-refractivity contribution in [2.45, 2.75) is 12.1 Å². The van der Waals surface area contributed by atoms with Crippen molar-refractivity contribution in [1.29, 1.82) is 0 Å². The van der Waals surface area contributed by atoms with Gasteiger partial charge in [0.1, 0.15) is 0 Å². The summed E-state index contributed by atoms with van der Waals surface area (Å²) in [5.74, 6) is -1.56. The van der Waals surface area contributed by atoms with Crippen LogP contribution in [0.2, 0.25) is 0 Å². The fourth-order valence-corrected chi connectivity index (χ4v) is 2.06. The Hall–Kier alpha value is -2.16. The first-order chi connectivity index (χ1) is 9.61. The van der Waals surface area contributed by atoms with E-state index in [0.29, 0.717) is 12.3 Å². The summed E-state index contributed by atoms with van der Waals surface area (Å²) in [7, 11) is 0.